The molecule has 0 aromatic carbocycles. The SMILES string of the molecule is CCNC(=NCc1ccccn1)NCCc1nc(CC)c(C)s1.I. The van der Waals surface area contributed by atoms with Gasteiger partial charge in [0.25, 0.3) is 0 Å². The maximum atomic E-state index is 4.67. The van der Waals surface area contributed by atoms with E-state index in [-0.39, 0.29) is 24.0 Å². The maximum Gasteiger partial charge on any atom is 0.191 e. The fourth-order valence-corrected chi connectivity index (χ4v) is 3.23. The molecule has 0 saturated heterocycles. The molecule has 0 aliphatic heterocycles. The number of halogens is 1. The van der Waals surface area contributed by atoms with Gasteiger partial charge in [-0.15, -0.1) is 35.3 Å². The third-order valence-electron chi connectivity index (χ3n) is 3.37. The lowest BCUT2D eigenvalue weighted by Crippen LogP contribution is -2.38. The Kier molecular flexibility index (Phi) is 9.85. The molecule has 2 rings (SSSR count). The molecule has 0 radical (unpaired) electrons. The van der Waals surface area contributed by atoms with Crippen LogP contribution in [0.4, 0.5) is 0 Å². The van der Waals surface area contributed by atoms with Crippen LogP contribution in [0.3, 0.4) is 0 Å². The van der Waals surface area contributed by atoms with E-state index in [1.54, 1.807) is 17.5 Å². The second kappa shape index (κ2) is 11.4. The second-order valence-electron chi connectivity index (χ2n) is 5.16. The van der Waals surface area contributed by atoms with E-state index in [1.165, 1.54) is 15.6 Å². The van der Waals surface area contributed by atoms with E-state index in [4.69, 9.17) is 0 Å². The Morgan fingerprint density at radius 1 is 1.25 bits per heavy atom. The Bertz CT molecular complexity index is 627. The summed E-state index contributed by atoms with van der Waals surface area (Å²) in [5.74, 6) is 0.821. The van der Waals surface area contributed by atoms with E-state index in [0.29, 0.717) is 6.54 Å². The van der Waals surface area contributed by atoms with Crippen molar-refractivity contribution in [1.82, 2.24) is 20.6 Å². The number of pyridine rings is 1. The highest BCUT2D eigenvalue weighted by molar-refractivity contribution is 14.0. The minimum atomic E-state index is 0. The average Bonchev–Trinajstić information content (AvgIpc) is 2.93. The van der Waals surface area contributed by atoms with E-state index in [2.05, 4.69) is 46.4 Å². The molecule has 2 heterocycles. The van der Waals surface area contributed by atoms with Crippen molar-refractivity contribution < 1.29 is 0 Å². The normalized spacial score (nSPS) is 11.0. The first kappa shape index (κ1) is 20.8. The summed E-state index contributed by atoms with van der Waals surface area (Å²) in [6.07, 6.45) is 3.71. The summed E-state index contributed by atoms with van der Waals surface area (Å²) >= 11 is 1.79. The lowest BCUT2D eigenvalue weighted by molar-refractivity contribution is 0.791. The largest absolute Gasteiger partial charge is 0.357 e. The Morgan fingerprint density at radius 3 is 2.71 bits per heavy atom. The molecule has 0 unspecified atom stereocenters. The van der Waals surface area contributed by atoms with Crippen LogP contribution in [-0.2, 0) is 19.4 Å². The summed E-state index contributed by atoms with van der Waals surface area (Å²) < 4.78 is 0. The van der Waals surface area contributed by atoms with Gasteiger partial charge < -0.3 is 10.6 Å². The monoisotopic (exact) mass is 459 g/mol. The number of rotatable bonds is 7. The fourth-order valence-electron chi connectivity index (χ4n) is 2.20. The topological polar surface area (TPSA) is 62.2 Å². The minimum Gasteiger partial charge on any atom is -0.357 e. The Morgan fingerprint density at radius 2 is 2.08 bits per heavy atom. The molecular formula is C17H26IN5S. The van der Waals surface area contributed by atoms with Gasteiger partial charge in [0.1, 0.15) is 0 Å². The van der Waals surface area contributed by atoms with Gasteiger partial charge in [0, 0.05) is 30.6 Å². The highest BCUT2D eigenvalue weighted by atomic mass is 127. The Labute approximate surface area is 165 Å². The van der Waals surface area contributed by atoms with Crippen molar-refractivity contribution >= 4 is 41.3 Å². The van der Waals surface area contributed by atoms with Crippen LogP contribution in [-0.4, -0.2) is 29.0 Å². The van der Waals surface area contributed by atoms with E-state index >= 15 is 0 Å². The molecule has 0 fully saturated rings. The molecule has 2 aromatic heterocycles. The van der Waals surface area contributed by atoms with Gasteiger partial charge in [-0.25, -0.2) is 9.98 Å². The van der Waals surface area contributed by atoms with Gasteiger partial charge in [0.05, 0.1) is 22.9 Å². The molecular weight excluding hydrogens is 433 g/mol. The number of hydrogen-bond acceptors (Lipinski definition) is 4. The highest BCUT2D eigenvalue weighted by Crippen LogP contribution is 2.17. The van der Waals surface area contributed by atoms with Crippen molar-refractivity contribution in [2.24, 2.45) is 4.99 Å². The molecule has 0 amide bonds. The van der Waals surface area contributed by atoms with Crippen LogP contribution in [0.2, 0.25) is 0 Å². The minimum absolute atomic E-state index is 0. The van der Waals surface area contributed by atoms with Crippen molar-refractivity contribution in [2.75, 3.05) is 13.1 Å². The lowest BCUT2D eigenvalue weighted by atomic mass is 10.3. The van der Waals surface area contributed by atoms with Gasteiger partial charge in [0.2, 0.25) is 0 Å². The summed E-state index contributed by atoms with van der Waals surface area (Å²) in [5.41, 5.74) is 2.19. The third-order valence-corrected chi connectivity index (χ3v) is 4.45. The standard InChI is InChI=1S/C17H25N5S.HI/c1-4-15-13(3)23-16(22-15)9-11-20-17(18-5-2)21-12-14-8-6-7-10-19-14;/h6-8,10H,4-5,9,11-12H2,1-3H3,(H2,18,20,21);1H. The summed E-state index contributed by atoms with van der Waals surface area (Å²) in [6, 6.07) is 5.88. The molecule has 0 spiro atoms. The molecule has 0 atom stereocenters. The molecule has 0 aliphatic carbocycles. The first-order chi connectivity index (χ1) is 11.2. The van der Waals surface area contributed by atoms with Crippen molar-refractivity contribution in [3.63, 3.8) is 0 Å². The van der Waals surface area contributed by atoms with Crippen molar-refractivity contribution in [3.8, 4) is 0 Å². The summed E-state index contributed by atoms with van der Waals surface area (Å²) in [6.45, 7) is 8.60. The van der Waals surface area contributed by atoms with Gasteiger partial charge in [-0.1, -0.05) is 13.0 Å². The van der Waals surface area contributed by atoms with Gasteiger partial charge >= 0.3 is 0 Å². The predicted octanol–water partition coefficient (Wildman–Crippen LogP) is 3.32. The van der Waals surface area contributed by atoms with Crippen LogP contribution in [0.5, 0.6) is 0 Å². The van der Waals surface area contributed by atoms with E-state index in [1.807, 2.05) is 18.2 Å². The molecule has 0 saturated carbocycles. The van der Waals surface area contributed by atoms with Gasteiger partial charge in [-0.05, 0) is 32.4 Å². The highest BCUT2D eigenvalue weighted by Gasteiger charge is 2.06. The van der Waals surface area contributed by atoms with Crippen LogP contribution in [0, 0.1) is 6.92 Å². The zero-order valence-electron chi connectivity index (χ0n) is 14.5. The van der Waals surface area contributed by atoms with Crippen LogP contribution in [0.1, 0.15) is 35.1 Å². The van der Waals surface area contributed by atoms with Crippen LogP contribution < -0.4 is 10.6 Å². The molecule has 2 N–H and O–H groups in total. The molecule has 24 heavy (non-hydrogen) atoms. The van der Waals surface area contributed by atoms with Crippen molar-refractivity contribution in [2.45, 2.75) is 40.2 Å². The first-order valence-electron chi connectivity index (χ1n) is 8.10. The molecule has 132 valence electrons. The van der Waals surface area contributed by atoms with E-state index in [0.717, 1.165) is 37.6 Å². The second-order valence-corrected chi connectivity index (χ2v) is 6.44. The van der Waals surface area contributed by atoms with Crippen LogP contribution >= 0.6 is 35.3 Å². The maximum absolute atomic E-state index is 4.67. The molecule has 2 aromatic rings. The third kappa shape index (κ3) is 6.72. The van der Waals surface area contributed by atoms with Crippen LogP contribution in [0.15, 0.2) is 29.4 Å². The van der Waals surface area contributed by atoms with E-state index in [9.17, 15) is 0 Å². The number of aromatic nitrogens is 2. The first-order valence-corrected chi connectivity index (χ1v) is 8.91. The molecule has 0 bridgehead atoms. The Hall–Kier alpha value is -1.22. The van der Waals surface area contributed by atoms with Gasteiger partial charge in [-0.2, -0.15) is 0 Å². The number of aryl methyl sites for hydroxylation is 2. The number of hydrogen-bond donors (Lipinski definition) is 2. The zero-order valence-corrected chi connectivity index (χ0v) is 17.6. The average molecular weight is 459 g/mol. The smallest absolute Gasteiger partial charge is 0.191 e. The van der Waals surface area contributed by atoms with Gasteiger partial charge in [-0.3, -0.25) is 4.98 Å². The zero-order chi connectivity index (χ0) is 16.5. The summed E-state index contributed by atoms with van der Waals surface area (Å²) in [5, 5.41) is 7.81. The van der Waals surface area contributed by atoms with Crippen LogP contribution in [0.25, 0.3) is 0 Å². The number of aliphatic imine (C=N–C) groups is 1. The number of nitrogens with one attached hydrogen (secondary N) is 2. The number of guanidine groups is 1. The molecule has 7 heteroatoms. The van der Waals surface area contributed by atoms with Crippen molar-refractivity contribution in [1.29, 1.82) is 0 Å². The van der Waals surface area contributed by atoms with Crippen molar-refractivity contribution in [3.05, 3.63) is 45.7 Å². The quantitative estimate of drug-likeness (QED) is 0.379. The van der Waals surface area contributed by atoms with E-state index < -0.39 is 0 Å². The number of nitrogens with zero attached hydrogens (tertiary/aromatic N) is 3. The predicted molar refractivity (Wildman–Crippen MR) is 112 cm³/mol. The number of thiazole rings is 1. The van der Waals surface area contributed by atoms with Gasteiger partial charge in [0.15, 0.2) is 5.96 Å². The lowest BCUT2D eigenvalue weighted by Gasteiger charge is -2.10. The summed E-state index contributed by atoms with van der Waals surface area (Å²) in [7, 11) is 0. The molecule has 0 aliphatic rings. The Balaban J connectivity index is 0.00000288. The molecule has 5 nitrogen and oxygen atoms in total. The fraction of sp³-hybridized carbons (Fsp3) is 0.471. The summed E-state index contributed by atoms with van der Waals surface area (Å²) in [4.78, 5) is 14.9.